The molecule has 0 saturated carbocycles. The molecule has 5 saturated heterocycles. The molecule has 1 aromatic carbocycles. The highest BCUT2D eigenvalue weighted by Gasteiger charge is 2.52. The van der Waals surface area contributed by atoms with Crippen molar-refractivity contribution in [3.63, 3.8) is 0 Å². The summed E-state index contributed by atoms with van der Waals surface area (Å²) in [6, 6.07) is -12.2. The summed E-state index contributed by atoms with van der Waals surface area (Å²) in [6.45, 7) is 17.3. The number of H-pyrrole nitrogens is 1. The Morgan fingerprint density at radius 3 is 1.21 bits per heavy atom. The number of carbonyl (C=O) groups is 20. The lowest BCUT2D eigenvalue weighted by atomic mass is 9.86. The second kappa shape index (κ2) is 56.8. The van der Waals surface area contributed by atoms with Gasteiger partial charge >= 0.3 is 11.9 Å². The molecule has 5 aliphatic heterocycles. The Labute approximate surface area is 827 Å². The zero-order chi connectivity index (χ0) is 104. The highest BCUT2D eigenvalue weighted by molar-refractivity contribution is 8.00. The fraction of sp³-hybridized carbons (Fsp3) is 0.702. The van der Waals surface area contributed by atoms with E-state index >= 15 is 0 Å². The van der Waals surface area contributed by atoms with Crippen LogP contribution in [0.2, 0.25) is 0 Å². The number of carboxylic acids is 1. The van der Waals surface area contributed by atoms with Gasteiger partial charge in [0.05, 0.1) is 0 Å². The van der Waals surface area contributed by atoms with Crippen molar-refractivity contribution in [2.75, 3.05) is 71.2 Å². The van der Waals surface area contributed by atoms with Gasteiger partial charge in [0.15, 0.2) is 0 Å². The van der Waals surface area contributed by atoms with E-state index in [1.165, 1.54) is 65.1 Å². The van der Waals surface area contributed by atoms with Crippen LogP contribution >= 0.6 is 11.8 Å². The van der Waals surface area contributed by atoms with Crippen molar-refractivity contribution < 1.29 is 101 Å². The lowest BCUT2D eigenvalue weighted by Gasteiger charge is -2.38. The molecule has 0 aliphatic carbocycles. The van der Waals surface area contributed by atoms with Crippen molar-refractivity contribution in [1.82, 2.24) is 99.0 Å². The number of benzene rings is 1. The molecule has 1 unspecified atom stereocenters. The first-order valence-electron chi connectivity index (χ1n) is 49.5. The normalized spacial score (nSPS) is 19.6. The number of nitrogens with zero attached hydrogens (tertiary/aromatic N) is 4. The summed E-state index contributed by atoms with van der Waals surface area (Å²) in [5, 5.41) is 47.2. The van der Waals surface area contributed by atoms with E-state index < -0.39 is 226 Å². The second-order valence-electron chi connectivity index (χ2n) is 38.9. The predicted octanol–water partition coefficient (Wildman–Crippen LogP) is -4.16. The van der Waals surface area contributed by atoms with Crippen molar-refractivity contribution in [2.24, 2.45) is 51.7 Å². The van der Waals surface area contributed by atoms with Gasteiger partial charge < -0.3 is 139 Å². The van der Waals surface area contributed by atoms with E-state index in [1.807, 2.05) is 45.0 Å². The van der Waals surface area contributed by atoms with Crippen molar-refractivity contribution in [2.45, 2.75) is 331 Å². The molecule has 1 aromatic heterocycles. The number of amides is 19. The third-order valence-corrected chi connectivity index (χ3v) is 27.7. The van der Waals surface area contributed by atoms with Crippen LogP contribution in [-0.4, -0.2) is 327 Å². The number of carbonyl (C=O) groups excluding carboxylic acids is 19. The fourth-order valence-electron chi connectivity index (χ4n) is 17.9. The van der Waals surface area contributed by atoms with Gasteiger partial charge in [-0.2, -0.15) is 11.8 Å². The molecule has 0 spiro atoms. The number of aromatic amines is 1. The first-order chi connectivity index (χ1) is 66.8. The third kappa shape index (κ3) is 35.4. The van der Waals surface area contributed by atoms with Gasteiger partial charge in [-0.1, -0.05) is 39.0 Å². The summed E-state index contributed by atoms with van der Waals surface area (Å²) in [5.41, 5.74) is 36.1. The summed E-state index contributed by atoms with van der Waals surface area (Å²) < 4.78 is 0. The van der Waals surface area contributed by atoms with Crippen molar-refractivity contribution in [1.29, 1.82) is 0 Å². The van der Waals surface area contributed by atoms with Crippen molar-refractivity contribution in [3.8, 4) is 0 Å². The maximum Gasteiger partial charge on any atom is 0.394 e. The van der Waals surface area contributed by atoms with Gasteiger partial charge in [-0.25, -0.2) is 4.79 Å². The fourth-order valence-corrected chi connectivity index (χ4v) is 19.3. The van der Waals surface area contributed by atoms with E-state index in [9.17, 15) is 101 Å². The minimum Gasteiger partial charge on any atom is -0.474 e. The van der Waals surface area contributed by atoms with Crippen LogP contribution in [0.25, 0.3) is 10.9 Å². The molecule has 2 aromatic rings. The van der Waals surface area contributed by atoms with Gasteiger partial charge in [0.2, 0.25) is 106 Å². The standard InChI is InChI=1S/C94H153N25O21S/c1-51(104-79(125)55(5)108-88(134)72-31-30-61-50-141-62-46-73(91(137)119(61)72)118(49-62)92(138)93(139)140)75(121)102-52(2)76(122)105-56(6)80(126)109-65(25-13-18-36-95)83(129)107-54(4)78(124)103-53(3)77(123)106-57(7)81(127)115-71(47-94(8,9)10)90(136)117-43-34-59(35-44-117)89(135)116-41-32-58(33-42-116)82(128)110-66(26-14-19-37-96)84(130)111-67(27-15-20-38-97)85(131)112-68(28-16-21-39-98)86(132)113-69(29-17-22-40-99)87(133)114-70(74(100)120)45-60-48-101-64-24-12-11-23-63(60)64/h11-12,23-24,48,51-59,61-62,65-73,101H,13-22,25-47,49-50,95-99H2,1-10H3,(H2,100,120)(H,102,121)(H,103,124)(H,104,125)(H,105,122)(H,106,123)(H,107,129)(H,108,134)(H,109,126)(H,110,128)(H,111,130)(H,112,131)(H,113,132)(H,114,133)(H,115,127)(H,139,140)/t51-,52-,53-,54-,55-,56-,57-,61?,62+,65-,66-,67-,68-,69-,70-,71-,72-,73+/m0/s1. The largest absolute Gasteiger partial charge is 0.474 e. The first kappa shape index (κ1) is 116. The summed E-state index contributed by atoms with van der Waals surface area (Å²) in [5.74, 6) is -15.7. The molecule has 19 amide bonds. The minimum atomic E-state index is -1.70. The van der Waals surface area contributed by atoms with E-state index in [0.29, 0.717) is 102 Å². The molecule has 28 N–H and O–H groups in total. The molecule has 6 heterocycles. The number of nitrogens with two attached hydrogens (primary N) is 6. The minimum absolute atomic E-state index is 0.0342. The number of aromatic nitrogens is 1. The number of para-hydroxylation sites is 1. The Bertz CT molecular complexity index is 4680. The van der Waals surface area contributed by atoms with Crippen LogP contribution in [0.3, 0.4) is 0 Å². The summed E-state index contributed by atoms with van der Waals surface area (Å²) >= 11 is 1.50. The quantitative estimate of drug-likeness (QED) is 0.0221. The Balaban J connectivity index is 0.846. The second-order valence-corrected chi connectivity index (χ2v) is 40.2. The number of hydrogen-bond donors (Lipinski definition) is 22. The number of primary amides is 1. The molecular formula is C94H153N25O21S. The number of unbranched alkanes of at least 4 members (excludes halogenated alkanes) is 5. The van der Waals surface area contributed by atoms with E-state index in [2.05, 4.69) is 79.4 Å². The average Bonchev–Trinajstić information content (AvgIpc) is 1.61. The van der Waals surface area contributed by atoms with E-state index in [1.54, 1.807) is 16.0 Å². The summed E-state index contributed by atoms with van der Waals surface area (Å²) in [4.78, 5) is 283. The average molecular weight is 2000 g/mol. The third-order valence-electron chi connectivity index (χ3n) is 26.3. The van der Waals surface area contributed by atoms with Crippen molar-refractivity contribution in [3.05, 3.63) is 36.0 Å². The summed E-state index contributed by atoms with van der Waals surface area (Å²) in [6.07, 6.45) is 8.94. The van der Waals surface area contributed by atoms with Gasteiger partial charge in [0.1, 0.15) is 96.7 Å². The smallest absolute Gasteiger partial charge is 0.394 e. The van der Waals surface area contributed by atoms with Crippen LogP contribution in [-0.2, 0) is 102 Å². The molecule has 47 heteroatoms. The van der Waals surface area contributed by atoms with Crippen LogP contribution in [0.5, 0.6) is 0 Å². The maximum atomic E-state index is 14.6. The van der Waals surface area contributed by atoms with Gasteiger partial charge in [-0.15, -0.1) is 0 Å². The topological polar surface area (TPSA) is 715 Å². The highest BCUT2D eigenvalue weighted by Crippen LogP contribution is 2.39. The zero-order valence-electron chi connectivity index (χ0n) is 83.0. The van der Waals surface area contributed by atoms with E-state index in [4.69, 9.17) is 34.4 Å². The van der Waals surface area contributed by atoms with E-state index in [-0.39, 0.29) is 140 Å². The Kier molecular flexibility index (Phi) is 46.9. The van der Waals surface area contributed by atoms with Crippen LogP contribution in [0, 0.1) is 17.3 Å². The molecule has 5 aliphatic rings. The van der Waals surface area contributed by atoms with Crippen LogP contribution in [0.4, 0.5) is 0 Å². The summed E-state index contributed by atoms with van der Waals surface area (Å²) in [7, 11) is 0. The van der Waals surface area contributed by atoms with Crippen LogP contribution < -0.4 is 109 Å². The number of aliphatic carboxylic acids is 1. The Morgan fingerprint density at radius 1 is 0.433 bits per heavy atom. The van der Waals surface area contributed by atoms with E-state index in [0.717, 1.165) is 21.4 Å². The number of piperidine rings is 2. The molecule has 46 nitrogen and oxygen atoms in total. The molecule has 7 rings (SSSR count). The number of nitrogens with one attached hydrogen (secondary N) is 15. The number of thioether (sulfide) groups is 1. The van der Waals surface area contributed by atoms with Crippen molar-refractivity contribution >= 4 is 141 Å². The van der Waals surface area contributed by atoms with Gasteiger partial charge in [-0.05, 0) is 246 Å². The molecule has 5 fully saturated rings. The number of carboxylic acid groups (broad SMARTS) is 1. The maximum absolute atomic E-state index is 14.6. The number of rotatable bonds is 54. The molecular weight excluding hydrogens is 1850 g/mol. The molecule has 18 atom stereocenters. The monoisotopic (exact) mass is 2000 g/mol. The van der Waals surface area contributed by atoms with Crippen LogP contribution in [0.1, 0.15) is 222 Å². The lowest BCUT2D eigenvalue weighted by Crippen LogP contribution is -2.59. The van der Waals surface area contributed by atoms with Gasteiger partial charge in [0, 0.05) is 85.1 Å². The number of hydrogen-bond acceptors (Lipinski definition) is 26. The van der Waals surface area contributed by atoms with Gasteiger partial charge in [-0.3, -0.25) is 91.1 Å². The molecule has 141 heavy (non-hydrogen) atoms. The molecule has 0 radical (unpaired) electrons. The van der Waals surface area contributed by atoms with Gasteiger partial charge in [0.25, 0.3) is 0 Å². The predicted molar refractivity (Wildman–Crippen MR) is 523 cm³/mol. The number of fused-ring (bicyclic) bond motifs is 4. The first-order valence-corrected chi connectivity index (χ1v) is 50.5. The SMILES string of the molecule is C[C@H](NC(=O)[C@H](C)NC(=O)[C@H](C)NC(=O)[C@@H]1CCC2CS[C@@H]3C[C@H](C(=O)N21)N(C(=O)C(=O)O)C3)C(=O)N[C@@H](C)C(=O)N[C@@H](CCCCN)C(=O)N[C@@H](C)C(=O)N[C@@H](C)C(=O)N[C@@H](C)C(=O)N[C@@H](CC(C)(C)C)C(=O)N1CCC(C(=O)N2CCC(C(=O)N[C@@H](CCCCN)C(=O)N[C@@H](CCCCN)C(=O)N[C@@H](CCCCN)C(=O)N[C@@H](CCCCN)C(=O)N[C@@H](Cc3c[nH]c4ccccc34)C(N)=O)CC2)CC1. The molecule has 786 valence electrons. The highest BCUT2D eigenvalue weighted by atomic mass is 32.2. The zero-order valence-corrected chi connectivity index (χ0v) is 83.8. The lowest BCUT2D eigenvalue weighted by molar-refractivity contribution is -0.159. The number of likely N-dealkylation sites (tertiary alicyclic amines) is 3. The Morgan fingerprint density at radius 2 is 0.794 bits per heavy atom. The molecule has 2 bridgehead atoms. The van der Waals surface area contributed by atoms with Crippen LogP contribution in [0.15, 0.2) is 30.5 Å². The Hall–Kier alpha value is -11.7.